The molecule has 4 rings (SSSR count). The van der Waals surface area contributed by atoms with Gasteiger partial charge in [0, 0.05) is 29.8 Å². The van der Waals surface area contributed by atoms with Crippen LogP contribution in [0.5, 0.6) is 0 Å². The predicted octanol–water partition coefficient (Wildman–Crippen LogP) is 3.02. The van der Waals surface area contributed by atoms with E-state index in [0.717, 1.165) is 16.3 Å². The maximum absolute atomic E-state index is 14.2. The van der Waals surface area contributed by atoms with Crippen LogP contribution in [0.3, 0.4) is 0 Å². The highest BCUT2D eigenvalue weighted by molar-refractivity contribution is 5.97. The van der Waals surface area contributed by atoms with E-state index in [0.29, 0.717) is 30.5 Å². The number of carbonyl (C=O) groups excluding carboxylic acids is 4. The van der Waals surface area contributed by atoms with Crippen LogP contribution in [0.2, 0.25) is 0 Å². The number of likely N-dealkylation sites (tertiary alicyclic amines) is 1. The first-order valence-electron chi connectivity index (χ1n) is 14.3. The Bertz CT molecular complexity index is 1460. The molecule has 42 heavy (non-hydrogen) atoms. The Hall–Kier alpha value is -4.24. The summed E-state index contributed by atoms with van der Waals surface area (Å²) in [5, 5.41) is 11.2. The summed E-state index contributed by atoms with van der Waals surface area (Å²) >= 11 is 0. The summed E-state index contributed by atoms with van der Waals surface area (Å²) in [7, 11) is 1.70. The fraction of sp³-hybridized carbons (Fsp3) is 0.394. The average molecular weight is 572 g/mol. The number of hydrogen-bond donors (Lipinski definition) is 4. The van der Waals surface area contributed by atoms with Crippen LogP contribution in [-0.2, 0) is 16.0 Å². The topological polar surface area (TPSA) is 134 Å². The third kappa shape index (κ3) is 6.97. The van der Waals surface area contributed by atoms with Gasteiger partial charge in [0.1, 0.15) is 6.04 Å². The molecule has 0 spiro atoms. The van der Waals surface area contributed by atoms with Gasteiger partial charge in [-0.15, -0.1) is 0 Å². The van der Waals surface area contributed by atoms with E-state index < -0.39 is 23.4 Å². The molecule has 1 heterocycles. The van der Waals surface area contributed by atoms with Crippen molar-refractivity contribution < 1.29 is 19.2 Å². The lowest BCUT2D eigenvalue weighted by Gasteiger charge is -2.36. The number of fused-ring (bicyclic) bond motifs is 1. The molecule has 0 aromatic heterocycles. The van der Waals surface area contributed by atoms with Gasteiger partial charge in [-0.1, -0.05) is 63.2 Å². The minimum absolute atomic E-state index is 0.174. The van der Waals surface area contributed by atoms with Crippen LogP contribution in [-0.4, -0.2) is 66.3 Å². The molecule has 9 heteroatoms. The lowest BCUT2D eigenvalue weighted by Crippen LogP contribution is -2.58. The van der Waals surface area contributed by atoms with E-state index in [1.54, 1.807) is 26.1 Å². The van der Waals surface area contributed by atoms with Crippen LogP contribution in [0.1, 0.15) is 60.4 Å². The Morgan fingerprint density at radius 1 is 0.952 bits per heavy atom. The molecule has 3 aromatic carbocycles. The summed E-state index contributed by atoms with van der Waals surface area (Å²) in [5.41, 5.74) is 6.62. The molecule has 5 N–H and O–H groups in total. The highest BCUT2D eigenvalue weighted by Gasteiger charge is 2.43. The number of benzene rings is 3. The van der Waals surface area contributed by atoms with Crippen molar-refractivity contribution in [1.82, 2.24) is 20.9 Å². The van der Waals surface area contributed by atoms with Crippen LogP contribution >= 0.6 is 0 Å². The van der Waals surface area contributed by atoms with Crippen LogP contribution < -0.4 is 21.7 Å². The Morgan fingerprint density at radius 2 is 1.60 bits per heavy atom. The van der Waals surface area contributed by atoms with E-state index in [1.807, 2.05) is 43.9 Å². The highest BCUT2D eigenvalue weighted by Crippen LogP contribution is 2.30. The Kier molecular flexibility index (Phi) is 9.31. The van der Waals surface area contributed by atoms with E-state index in [-0.39, 0.29) is 29.8 Å². The van der Waals surface area contributed by atoms with Crippen molar-refractivity contribution in [3.8, 4) is 0 Å². The van der Waals surface area contributed by atoms with Gasteiger partial charge in [-0.25, -0.2) is 0 Å². The van der Waals surface area contributed by atoms with Crippen LogP contribution in [0.4, 0.5) is 0 Å². The molecule has 222 valence electrons. The molecule has 0 unspecified atom stereocenters. The molecule has 1 saturated heterocycles. The number of primary amides is 1. The molecule has 4 amide bonds. The van der Waals surface area contributed by atoms with E-state index >= 15 is 0 Å². The summed E-state index contributed by atoms with van der Waals surface area (Å²) in [6.45, 7) is 7.86. The summed E-state index contributed by atoms with van der Waals surface area (Å²) < 4.78 is 0. The third-order valence-corrected chi connectivity index (χ3v) is 8.03. The highest BCUT2D eigenvalue weighted by atomic mass is 16.2. The summed E-state index contributed by atoms with van der Waals surface area (Å²) in [6, 6.07) is 18.8. The Labute approximate surface area is 247 Å². The predicted molar refractivity (Wildman–Crippen MR) is 164 cm³/mol. The molecule has 0 bridgehead atoms. The monoisotopic (exact) mass is 571 g/mol. The quantitative estimate of drug-likeness (QED) is 0.313. The van der Waals surface area contributed by atoms with Gasteiger partial charge < -0.3 is 26.6 Å². The molecule has 1 aliphatic rings. The Morgan fingerprint density at radius 3 is 2.24 bits per heavy atom. The number of rotatable bonds is 9. The minimum atomic E-state index is -0.758. The number of likely N-dealkylation sites (N-methyl/N-ethyl adjacent to an activating group) is 1. The number of nitrogens with one attached hydrogen (secondary N) is 3. The van der Waals surface area contributed by atoms with E-state index in [4.69, 9.17) is 5.73 Å². The smallest absolute Gasteiger partial charge is 0.251 e. The van der Waals surface area contributed by atoms with Gasteiger partial charge in [-0.3, -0.25) is 19.2 Å². The first-order valence-corrected chi connectivity index (χ1v) is 14.3. The lowest BCUT2D eigenvalue weighted by atomic mass is 9.85. The molecule has 0 aliphatic carbocycles. The van der Waals surface area contributed by atoms with Crippen LogP contribution in [0, 0.1) is 5.41 Å². The summed E-state index contributed by atoms with van der Waals surface area (Å²) in [5.74, 6) is -1.28. The zero-order valence-electron chi connectivity index (χ0n) is 24.9. The summed E-state index contributed by atoms with van der Waals surface area (Å²) in [6.07, 6.45) is 1.16. The molecule has 0 radical (unpaired) electrons. The number of carbonyl (C=O) groups is 4. The van der Waals surface area contributed by atoms with Gasteiger partial charge in [-0.2, -0.15) is 0 Å². The average Bonchev–Trinajstić information content (AvgIpc) is 3.36. The van der Waals surface area contributed by atoms with Gasteiger partial charge in [0.15, 0.2) is 0 Å². The van der Waals surface area contributed by atoms with Crippen molar-refractivity contribution in [2.45, 2.75) is 64.7 Å². The van der Waals surface area contributed by atoms with Crippen molar-refractivity contribution in [3.63, 3.8) is 0 Å². The SMILES string of the molecule is CN[C@@H](C)C(=O)N[C@H](C(=O)N1C[C@@H](NC(=O)c2ccc(C(N)=O)cc2)C[C@H]1Cc1cccc2ccccc12)C(C)(C)C. The molecule has 3 aromatic rings. The number of hydrogen-bond acceptors (Lipinski definition) is 5. The molecular formula is C33H41N5O4. The zero-order valence-corrected chi connectivity index (χ0v) is 24.9. The second kappa shape index (κ2) is 12.7. The number of nitrogens with zero attached hydrogens (tertiary/aromatic N) is 1. The van der Waals surface area contributed by atoms with Crippen molar-refractivity contribution in [1.29, 1.82) is 0 Å². The number of nitrogens with two attached hydrogens (primary N) is 1. The van der Waals surface area contributed by atoms with Crippen molar-refractivity contribution in [2.75, 3.05) is 13.6 Å². The minimum Gasteiger partial charge on any atom is -0.366 e. The first kappa shape index (κ1) is 30.7. The molecule has 4 atom stereocenters. The van der Waals surface area contributed by atoms with E-state index in [2.05, 4.69) is 40.2 Å². The molecule has 1 fully saturated rings. The molecule has 1 aliphatic heterocycles. The first-order chi connectivity index (χ1) is 19.9. The van der Waals surface area contributed by atoms with E-state index in [1.165, 1.54) is 12.1 Å². The third-order valence-electron chi connectivity index (χ3n) is 8.03. The molecule has 0 saturated carbocycles. The standard InChI is InChI=1S/C33H41N5O4/c1-20(35-5)30(40)37-28(33(2,3)4)32(42)38-19-25(36-31(41)23-15-13-22(14-16-23)29(34)39)18-26(38)17-24-11-8-10-21-9-6-7-12-27(21)24/h6-16,20,25-26,28,35H,17-19H2,1-5H3,(H2,34,39)(H,36,41)(H,37,40)/t20-,25-,26+,28+/m0/s1. The largest absolute Gasteiger partial charge is 0.366 e. The van der Waals surface area contributed by atoms with Crippen LogP contribution in [0.25, 0.3) is 10.8 Å². The molecular weight excluding hydrogens is 530 g/mol. The maximum atomic E-state index is 14.2. The van der Waals surface area contributed by atoms with Gasteiger partial charge in [-0.05, 0) is 72.8 Å². The second-order valence-corrected chi connectivity index (χ2v) is 12.2. The van der Waals surface area contributed by atoms with Gasteiger partial charge in [0.2, 0.25) is 17.7 Å². The fourth-order valence-electron chi connectivity index (χ4n) is 5.48. The van der Waals surface area contributed by atoms with Gasteiger partial charge >= 0.3 is 0 Å². The second-order valence-electron chi connectivity index (χ2n) is 12.2. The molecule has 9 nitrogen and oxygen atoms in total. The number of amides is 4. The van der Waals surface area contributed by atoms with Gasteiger partial charge in [0.25, 0.3) is 5.91 Å². The van der Waals surface area contributed by atoms with E-state index in [9.17, 15) is 19.2 Å². The van der Waals surface area contributed by atoms with Crippen LogP contribution in [0.15, 0.2) is 66.7 Å². The summed E-state index contributed by atoms with van der Waals surface area (Å²) in [4.78, 5) is 53.5. The van der Waals surface area contributed by atoms with Crippen molar-refractivity contribution in [2.24, 2.45) is 11.1 Å². The lowest BCUT2D eigenvalue weighted by molar-refractivity contribution is -0.140. The Balaban J connectivity index is 1.62. The normalized spacial score (nSPS) is 18.4. The fourth-order valence-corrected chi connectivity index (χ4v) is 5.48. The van der Waals surface area contributed by atoms with Crippen molar-refractivity contribution in [3.05, 3.63) is 83.4 Å². The zero-order chi connectivity index (χ0) is 30.6. The maximum Gasteiger partial charge on any atom is 0.251 e. The van der Waals surface area contributed by atoms with Crippen molar-refractivity contribution >= 4 is 34.4 Å². The van der Waals surface area contributed by atoms with Gasteiger partial charge in [0.05, 0.1) is 6.04 Å².